The van der Waals surface area contributed by atoms with Crippen molar-refractivity contribution in [3.05, 3.63) is 35.9 Å². The number of benzene rings is 1. The quantitative estimate of drug-likeness (QED) is 0.854. The van der Waals surface area contributed by atoms with E-state index in [1.165, 1.54) is 0 Å². The van der Waals surface area contributed by atoms with Gasteiger partial charge in [-0.3, -0.25) is 0 Å². The summed E-state index contributed by atoms with van der Waals surface area (Å²) >= 11 is 0. The molecule has 0 heterocycles. The molecule has 0 bridgehead atoms. The van der Waals surface area contributed by atoms with Crippen LogP contribution in [-0.4, -0.2) is 29.8 Å². The van der Waals surface area contributed by atoms with Crippen molar-refractivity contribution in [2.24, 2.45) is 0 Å². The van der Waals surface area contributed by atoms with E-state index >= 15 is 0 Å². The van der Waals surface area contributed by atoms with Crippen LogP contribution in [0.3, 0.4) is 0 Å². The Morgan fingerprint density at radius 2 is 1.82 bits per heavy atom. The van der Waals surface area contributed by atoms with Gasteiger partial charge < -0.3 is 24.7 Å². The maximum Gasteiger partial charge on any atom is 0.408 e. The molecule has 1 amide bonds. The van der Waals surface area contributed by atoms with Crippen molar-refractivity contribution in [2.45, 2.75) is 52.0 Å². The van der Waals surface area contributed by atoms with Crippen LogP contribution in [0.1, 0.15) is 33.3 Å². The monoisotopic (exact) mass is 308 g/mol. The number of alkyl carbamates (subject to hydrolysis) is 1. The smallest absolute Gasteiger partial charge is 0.408 e. The molecular formula is C16H22NO5-. The third kappa shape index (κ3) is 6.58. The van der Waals surface area contributed by atoms with E-state index in [0.717, 1.165) is 5.56 Å². The summed E-state index contributed by atoms with van der Waals surface area (Å²) in [6.07, 6.45) is -1.59. The molecule has 1 N–H and O–H groups in total. The minimum atomic E-state index is -1.42. The van der Waals surface area contributed by atoms with E-state index in [4.69, 9.17) is 9.47 Å². The molecule has 0 fully saturated rings. The first-order chi connectivity index (χ1) is 10.2. The van der Waals surface area contributed by atoms with Gasteiger partial charge in [-0.25, -0.2) is 4.79 Å². The maximum atomic E-state index is 11.7. The van der Waals surface area contributed by atoms with Gasteiger partial charge in [-0.1, -0.05) is 30.3 Å². The molecule has 0 saturated carbocycles. The zero-order valence-corrected chi connectivity index (χ0v) is 13.3. The van der Waals surface area contributed by atoms with Crippen molar-refractivity contribution in [3.63, 3.8) is 0 Å². The predicted molar refractivity (Wildman–Crippen MR) is 78.9 cm³/mol. The highest BCUT2D eigenvalue weighted by molar-refractivity contribution is 5.79. The number of hydrogen-bond donors (Lipinski definition) is 1. The Morgan fingerprint density at radius 3 is 2.32 bits per heavy atom. The van der Waals surface area contributed by atoms with Crippen molar-refractivity contribution in [2.75, 3.05) is 0 Å². The third-order valence-corrected chi connectivity index (χ3v) is 2.75. The molecule has 0 spiro atoms. The molecule has 6 heteroatoms. The Hall–Kier alpha value is -2.08. The molecule has 1 aromatic carbocycles. The number of hydrogen-bond acceptors (Lipinski definition) is 5. The lowest BCUT2D eigenvalue weighted by molar-refractivity contribution is -0.310. The Bertz CT molecular complexity index is 495. The minimum absolute atomic E-state index is 0.238. The molecule has 0 aliphatic rings. The molecular weight excluding hydrogens is 286 g/mol. The number of ether oxygens (including phenoxy) is 2. The van der Waals surface area contributed by atoms with Gasteiger partial charge in [0.1, 0.15) is 5.60 Å². The van der Waals surface area contributed by atoms with Crippen LogP contribution in [0.5, 0.6) is 0 Å². The highest BCUT2D eigenvalue weighted by Crippen LogP contribution is 2.09. The van der Waals surface area contributed by atoms with E-state index in [0.29, 0.717) is 0 Å². The topological polar surface area (TPSA) is 87.7 Å². The van der Waals surface area contributed by atoms with Gasteiger partial charge in [0.25, 0.3) is 0 Å². The summed E-state index contributed by atoms with van der Waals surface area (Å²) in [7, 11) is 0. The van der Waals surface area contributed by atoms with Gasteiger partial charge in [-0.15, -0.1) is 0 Å². The number of nitrogens with one attached hydrogen (secondary N) is 1. The Morgan fingerprint density at radius 1 is 1.23 bits per heavy atom. The summed E-state index contributed by atoms with van der Waals surface area (Å²) in [5.41, 5.74) is 0.193. The van der Waals surface area contributed by atoms with Crippen LogP contribution < -0.4 is 10.4 Å². The second-order valence-corrected chi connectivity index (χ2v) is 5.94. The van der Waals surface area contributed by atoms with Crippen LogP contribution in [0.15, 0.2) is 30.3 Å². The molecule has 1 aromatic rings. The average molecular weight is 308 g/mol. The van der Waals surface area contributed by atoms with E-state index in [-0.39, 0.29) is 6.61 Å². The van der Waals surface area contributed by atoms with Crippen LogP contribution >= 0.6 is 0 Å². The zero-order chi connectivity index (χ0) is 16.8. The first kappa shape index (κ1) is 18.0. The van der Waals surface area contributed by atoms with Gasteiger partial charge in [0.2, 0.25) is 0 Å². The number of carboxylic acid groups (broad SMARTS) is 1. The Balaban J connectivity index is 2.58. The Labute approximate surface area is 130 Å². The lowest BCUT2D eigenvalue weighted by Crippen LogP contribution is -2.55. The van der Waals surface area contributed by atoms with Gasteiger partial charge in [-0.2, -0.15) is 0 Å². The summed E-state index contributed by atoms with van der Waals surface area (Å²) in [6.45, 7) is 6.87. The lowest BCUT2D eigenvalue weighted by atomic mass is 10.1. The fourth-order valence-electron chi connectivity index (χ4n) is 1.70. The molecule has 0 radical (unpaired) electrons. The van der Waals surface area contributed by atoms with E-state index in [1.807, 2.05) is 30.3 Å². The first-order valence-electron chi connectivity index (χ1n) is 7.05. The Kier molecular flexibility index (Phi) is 6.37. The van der Waals surface area contributed by atoms with Crippen molar-refractivity contribution in [1.29, 1.82) is 0 Å². The van der Waals surface area contributed by atoms with Gasteiger partial charge >= 0.3 is 6.09 Å². The van der Waals surface area contributed by atoms with Gasteiger partial charge in [0, 0.05) is 0 Å². The zero-order valence-electron chi connectivity index (χ0n) is 13.3. The summed E-state index contributed by atoms with van der Waals surface area (Å²) in [4.78, 5) is 22.9. The van der Waals surface area contributed by atoms with Crippen LogP contribution in [0, 0.1) is 0 Å². The number of aliphatic carboxylic acids is 1. The first-order valence-corrected chi connectivity index (χ1v) is 7.05. The number of carbonyl (C=O) groups excluding carboxylic acids is 2. The summed E-state index contributed by atoms with van der Waals surface area (Å²) < 4.78 is 10.5. The van der Waals surface area contributed by atoms with Crippen LogP contribution in [0.4, 0.5) is 4.79 Å². The number of carboxylic acids is 1. The summed E-state index contributed by atoms with van der Waals surface area (Å²) in [5.74, 6) is -1.42. The third-order valence-electron chi connectivity index (χ3n) is 2.75. The fraction of sp³-hybridized carbons (Fsp3) is 0.500. The average Bonchev–Trinajstić information content (AvgIpc) is 2.41. The fourth-order valence-corrected chi connectivity index (χ4v) is 1.70. The molecule has 0 aromatic heterocycles. The van der Waals surface area contributed by atoms with Crippen LogP contribution in [-0.2, 0) is 20.9 Å². The summed E-state index contributed by atoms with van der Waals surface area (Å²) in [5, 5.41) is 13.5. The van der Waals surface area contributed by atoms with Crippen molar-refractivity contribution < 1.29 is 24.2 Å². The molecule has 22 heavy (non-hydrogen) atoms. The normalized spacial score (nSPS) is 14.0. The van der Waals surface area contributed by atoms with Gasteiger partial charge in [0.15, 0.2) is 0 Å². The highest BCUT2D eigenvalue weighted by atomic mass is 16.6. The molecule has 1 rings (SSSR count). The molecule has 2 atom stereocenters. The second-order valence-electron chi connectivity index (χ2n) is 5.94. The van der Waals surface area contributed by atoms with Gasteiger partial charge in [0.05, 0.1) is 24.7 Å². The van der Waals surface area contributed by atoms with E-state index in [9.17, 15) is 14.7 Å². The lowest BCUT2D eigenvalue weighted by Gasteiger charge is -2.28. The molecule has 0 saturated heterocycles. The summed E-state index contributed by atoms with van der Waals surface area (Å²) in [6, 6.07) is 8.03. The van der Waals surface area contributed by atoms with Gasteiger partial charge in [-0.05, 0) is 33.3 Å². The van der Waals surface area contributed by atoms with Crippen molar-refractivity contribution >= 4 is 12.1 Å². The van der Waals surface area contributed by atoms with Crippen molar-refractivity contribution in [3.8, 4) is 0 Å². The van der Waals surface area contributed by atoms with Crippen molar-refractivity contribution in [1.82, 2.24) is 5.32 Å². The minimum Gasteiger partial charge on any atom is -0.548 e. The second kappa shape index (κ2) is 7.79. The molecule has 0 aliphatic carbocycles. The molecule has 0 aliphatic heterocycles. The molecule has 122 valence electrons. The predicted octanol–water partition coefficient (Wildman–Crippen LogP) is 1.23. The molecule has 0 unspecified atom stereocenters. The number of amides is 1. The standard InChI is InChI=1S/C16H23NO5/c1-11(21-10-12-8-6-5-7-9-12)13(14(18)19)17-15(20)22-16(2,3)4/h5-9,11,13H,10H2,1-4H3,(H,17,20)(H,18,19)/p-1/t11-,13-/m1/s1. The SMILES string of the molecule is C[C@@H](OCc1ccccc1)[C@@H](NC(=O)OC(C)(C)C)C(=O)[O-]. The largest absolute Gasteiger partial charge is 0.548 e. The molecule has 6 nitrogen and oxygen atoms in total. The maximum absolute atomic E-state index is 11.7. The van der Waals surface area contributed by atoms with E-state index in [1.54, 1.807) is 27.7 Å². The van der Waals surface area contributed by atoms with Crippen LogP contribution in [0.2, 0.25) is 0 Å². The van der Waals surface area contributed by atoms with E-state index in [2.05, 4.69) is 5.32 Å². The number of carbonyl (C=O) groups is 2. The van der Waals surface area contributed by atoms with Crippen LogP contribution in [0.25, 0.3) is 0 Å². The van der Waals surface area contributed by atoms with E-state index < -0.39 is 29.8 Å². The highest BCUT2D eigenvalue weighted by Gasteiger charge is 2.24. The number of rotatable bonds is 6.